The highest BCUT2D eigenvalue weighted by molar-refractivity contribution is 5.76. The van der Waals surface area contributed by atoms with E-state index in [2.05, 4.69) is 43.5 Å². The molecular formula is C77H145NO18. The lowest BCUT2D eigenvalue weighted by molar-refractivity contribution is -0.379. The number of aliphatic hydroxyl groups excluding tert-OH is 11. The van der Waals surface area contributed by atoms with E-state index in [-0.39, 0.29) is 18.9 Å². The van der Waals surface area contributed by atoms with Crippen molar-refractivity contribution in [3.05, 3.63) is 24.3 Å². The summed E-state index contributed by atoms with van der Waals surface area (Å²) in [4.78, 5) is 13.5. The lowest BCUT2D eigenvalue weighted by atomic mass is 9.96. The van der Waals surface area contributed by atoms with Gasteiger partial charge in [-0.1, -0.05) is 301 Å². The second-order valence-electron chi connectivity index (χ2n) is 28.5. The first-order chi connectivity index (χ1) is 46.8. The van der Waals surface area contributed by atoms with Gasteiger partial charge < -0.3 is 89.9 Å². The van der Waals surface area contributed by atoms with Crippen LogP contribution in [0.2, 0.25) is 0 Å². The van der Waals surface area contributed by atoms with Crippen LogP contribution in [-0.4, -0.2) is 193 Å². The van der Waals surface area contributed by atoms with Crippen LogP contribution in [0.25, 0.3) is 0 Å². The summed E-state index contributed by atoms with van der Waals surface area (Å²) in [7, 11) is 0. The van der Waals surface area contributed by atoms with Crippen molar-refractivity contribution in [2.45, 2.75) is 433 Å². The number of carbonyl (C=O) groups is 1. The second-order valence-corrected chi connectivity index (χ2v) is 28.5. The molecule has 1 amide bonds. The van der Waals surface area contributed by atoms with Crippen LogP contribution in [0.3, 0.4) is 0 Å². The summed E-state index contributed by atoms with van der Waals surface area (Å²) in [6.45, 7) is 1.84. The standard InChI is InChI=1S/C77H145NO18/c1-3-5-7-9-11-13-15-17-19-21-23-25-27-29-30-31-33-35-37-39-41-43-45-47-49-51-53-55-65(83)78-60(61(82)54-52-50-48-46-44-42-40-38-36-34-32-28-26-24-22-20-18-16-14-12-10-8-6-4-2)59-91-75-71(89)68(86)73(63(57-80)93-75)96-77-72(90)69(87)74(64(58-81)94-77)95-76-70(88)67(85)66(84)62(56-79)92-76/h15,17,21,23,60-64,66-77,79-82,84-90H,3-14,16,18-20,22,24-59H2,1-2H3,(H,78,83)/b17-15-,23-21-. The van der Waals surface area contributed by atoms with Crippen molar-refractivity contribution in [2.75, 3.05) is 26.4 Å². The average Bonchev–Trinajstić information content (AvgIpc) is 1.09. The molecule has 19 nitrogen and oxygen atoms in total. The molecule has 3 aliphatic heterocycles. The van der Waals surface area contributed by atoms with E-state index in [1.54, 1.807) is 0 Å². The number of ether oxygens (including phenoxy) is 6. The van der Waals surface area contributed by atoms with E-state index < -0.39 is 124 Å². The van der Waals surface area contributed by atoms with Gasteiger partial charge in [-0.15, -0.1) is 0 Å². The highest BCUT2D eigenvalue weighted by Crippen LogP contribution is 2.33. The normalized spacial score (nSPS) is 27.1. The van der Waals surface area contributed by atoms with E-state index in [9.17, 15) is 61.0 Å². The van der Waals surface area contributed by atoms with Crippen LogP contribution in [0.4, 0.5) is 0 Å². The zero-order chi connectivity index (χ0) is 69.6. The molecule has 0 saturated carbocycles. The predicted molar refractivity (Wildman–Crippen MR) is 379 cm³/mol. The van der Waals surface area contributed by atoms with Gasteiger partial charge in [0.2, 0.25) is 5.91 Å². The molecule has 0 radical (unpaired) electrons. The molecule has 19 heteroatoms. The number of nitrogens with one attached hydrogen (secondary N) is 1. The van der Waals surface area contributed by atoms with Crippen molar-refractivity contribution < 1.29 is 89.4 Å². The maximum Gasteiger partial charge on any atom is 0.220 e. The first kappa shape index (κ1) is 88.5. The molecule has 0 aromatic carbocycles. The first-order valence-electron chi connectivity index (χ1n) is 39.6. The molecule has 0 aromatic heterocycles. The minimum atomic E-state index is -1.97. The SMILES string of the molecule is CCCCCCC/C=C\C/C=C\CCCCCCCCCCCCCCCCCC(=O)NC(COC1OC(CO)C(OC2OC(CO)C(OC3OC(CO)C(O)C(O)C3O)C(O)C2O)C(O)C1O)C(O)CCCCCCCCCCCCCCCCCCCCCCCCCC. The molecule has 0 aliphatic carbocycles. The lowest BCUT2D eigenvalue weighted by Crippen LogP contribution is -2.66. The number of aliphatic hydroxyl groups is 11. The number of hydrogen-bond donors (Lipinski definition) is 12. The Hall–Kier alpha value is -1.73. The minimum Gasteiger partial charge on any atom is -0.394 e. The molecule has 0 aromatic rings. The molecular weight excluding hydrogens is 1230 g/mol. The van der Waals surface area contributed by atoms with Gasteiger partial charge in [0.1, 0.15) is 73.2 Å². The van der Waals surface area contributed by atoms with Crippen LogP contribution in [-0.2, 0) is 33.2 Å². The summed E-state index contributed by atoms with van der Waals surface area (Å²) in [5, 5.41) is 121. The minimum absolute atomic E-state index is 0.237. The van der Waals surface area contributed by atoms with Gasteiger partial charge in [-0.2, -0.15) is 0 Å². The van der Waals surface area contributed by atoms with Gasteiger partial charge in [0.25, 0.3) is 0 Å². The third kappa shape index (κ3) is 39.1. The van der Waals surface area contributed by atoms with Gasteiger partial charge in [-0.05, 0) is 44.9 Å². The predicted octanol–water partition coefficient (Wildman–Crippen LogP) is 12.6. The Morgan fingerprint density at radius 1 is 0.375 bits per heavy atom. The highest BCUT2D eigenvalue weighted by Gasteiger charge is 2.54. The molecule has 3 rings (SSSR count). The molecule has 96 heavy (non-hydrogen) atoms. The Kier molecular flexibility index (Phi) is 54.1. The maximum atomic E-state index is 13.5. The van der Waals surface area contributed by atoms with Gasteiger partial charge in [0.15, 0.2) is 18.9 Å². The van der Waals surface area contributed by atoms with Crippen molar-refractivity contribution in [1.29, 1.82) is 0 Å². The van der Waals surface area contributed by atoms with Gasteiger partial charge >= 0.3 is 0 Å². The van der Waals surface area contributed by atoms with E-state index >= 15 is 0 Å². The van der Waals surface area contributed by atoms with E-state index in [4.69, 9.17) is 28.4 Å². The van der Waals surface area contributed by atoms with E-state index in [0.29, 0.717) is 12.8 Å². The molecule has 0 bridgehead atoms. The van der Waals surface area contributed by atoms with Crippen molar-refractivity contribution >= 4 is 5.91 Å². The number of allylic oxidation sites excluding steroid dienone is 4. The smallest absolute Gasteiger partial charge is 0.220 e. The zero-order valence-electron chi connectivity index (χ0n) is 60.4. The third-order valence-electron chi connectivity index (χ3n) is 20.0. The quantitative estimate of drug-likeness (QED) is 0.0199. The van der Waals surface area contributed by atoms with Gasteiger partial charge in [0.05, 0.1) is 38.6 Å². The summed E-state index contributed by atoms with van der Waals surface area (Å²) in [5.41, 5.74) is 0. The maximum absolute atomic E-state index is 13.5. The highest BCUT2D eigenvalue weighted by atomic mass is 16.8. The molecule has 17 unspecified atom stereocenters. The van der Waals surface area contributed by atoms with Crippen molar-refractivity contribution in [1.82, 2.24) is 5.32 Å². The van der Waals surface area contributed by atoms with Crippen molar-refractivity contribution in [2.24, 2.45) is 0 Å². The Morgan fingerprint density at radius 3 is 1.06 bits per heavy atom. The fourth-order valence-corrected chi connectivity index (χ4v) is 13.6. The summed E-state index contributed by atoms with van der Waals surface area (Å²) in [5.74, 6) is -0.237. The zero-order valence-corrected chi connectivity index (χ0v) is 60.4. The molecule has 12 N–H and O–H groups in total. The fourth-order valence-electron chi connectivity index (χ4n) is 13.6. The van der Waals surface area contributed by atoms with Crippen molar-refractivity contribution in [3.63, 3.8) is 0 Å². The average molecular weight is 1370 g/mol. The molecule has 0 spiro atoms. The number of hydrogen-bond acceptors (Lipinski definition) is 18. The van der Waals surface area contributed by atoms with Crippen molar-refractivity contribution in [3.8, 4) is 0 Å². The van der Waals surface area contributed by atoms with Crippen LogP contribution >= 0.6 is 0 Å². The van der Waals surface area contributed by atoms with Gasteiger partial charge in [0, 0.05) is 6.42 Å². The van der Waals surface area contributed by atoms with Crippen LogP contribution < -0.4 is 5.32 Å². The fraction of sp³-hybridized carbons (Fsp3) is 0.935. The summed E-state index contributed by atoms with van der Waals surface area (Å²) in [6.07, 6.45) is 42.6. The third-order valence-corrected chi connectivity index (χ3v) is 20.0. The Bertz CT molecular complexity index is 1830. The molecule has 3 heterocycles. The molecule has 3 saturated heterocycles. The summed E-state index contributed by atoms with van der Waals surface area (Å²) < 4.78 is 34.5. The number of unbranched alkanes of at least 4 members (excludes halogenated alkanes) is 43. The number of carbonyl (C=O) groups excluding carboxylic acids is 1. The van der Waals surface area contributed by atoms with E-state index in [1.165, 1.54) is 244 Å². The van der Waals surface area contributed by atoms with Crippen LogP contribution in [0.1, 0.15) is 328 Å². The van der Waals surface area contributed by atoms with E-state index in [1.807, 2.05) is 0 Å². The molecule has 17 atom stereocenters. The Balaban J connectivity index is 1.38. The van der Waals surface area contributed by atoms with Crippen LogP contribution in [0, 0.1) is 0 Å². The lowest BCUT2D eigenvalue weighted by Gasteiger charge is -2.48. The second kappa shape index (κ2) is 58.7. The molecule has 3 fully saturated rings. The summed E-state index contributed by atoms with van der Waals surface area (Å²) >= 11 is 0. The molecule has 566 valence electrons. The Labute approximate surface area is 581 Å². The number of amides is 1. The number of rotatable bonds is 63. The largest absolute Gasteiger partial charge is 0.394 e. The topological polar surface area (TPSA) is 307 Å². The van der Waals surface area contributed by atoms with Gasteiger partial charge in [-0.25, -0.2) is 0 Å². The monoisotopic (exact) mass is 1370 g/mol. The van der Waals surface area contributed by atoms with Crippen LogP contribution in [0.5, 0.6) is 0 Å². The molecule has 3 aliphatic rings. The Morgan fingerprint density at radius 2 is 0.688 bits per heavy atom. The van der Waals surface area contributed by atoms with Gasteiger partial charge in [-0.3, -0.25) is 4.79 Å². The van der Waals surface area contributed by atoms with Crippen LogP contribution in [0.15, 0.2) is 24.3 Å². The first-order valence-corrected chi connectivity index (χ1v) is 39.6. The summed E-state index contributed by atoms with van der Waals surface area (Å²) in [6, 6.07) is -0.887. The van der Waals surface area contributed by atoms with E-state index in [0.717, 1.165) is 51.4 Å².